The molecule has 0 saturated heterocycles. The summed E-state index contributed by atoms with van der Waals surface area (Å²) in [5.41, 5.74) is 1.49. The van der Waals surface area contributed by atoms with E-state index in [9.17, 15) is 4.91 Å². The number of nitroso groups, excluding NO2 is 1. The monoisotopic (exact) mass is 137 g/mol. The Hall–Kier alpha value is -1.18. The molecule has 0 aliphatic rings. The van der Waals surface area contributed by atoms with Gasteiger partial charge in [-0.25, -0.2) is 0 Å². The predicted octanol–water partition coefficient (Wildman–Crippen LogP) is 2.79. The topological polar surface area (TPSA) is 29.4 Å². The molecule has 0 amide bonds. The molecule has 0 N–H and O–H groups in total. The smallest absolute Gasteiger partial charge is 0.0818 e. The van der Waals surface area contributed by atoms with Crippen LogP contribution in [-0.2, 0) is 0 Å². The van der Waals surface area contributed by atoms with Gasteiger partial charge in [0.05, 0.1) is 5.70 Å². The second-order valence-electron chi connectivity index (χ2n) is 2.01. The minimum Gasteiger partial charge on any atom is -0.145 e. The van der Waals surface area contributed by atoms with E-state index in [1.807, 2.05) is 6.92 Å². The van der Waals surface area contributed by atoms with Crippen LogP contribution in [0.4, 0.5) is 0 Å². The Labute approximate surface area is 60.9 Å². The molecule has 2 nitrogen and oxygen atoms in total. The molecular formula is C8H11NO. The second-order valence-corrected chi connectivity index (χ2v) is 2.01. The van der Waals surface area contributed by atoms with Crippen LogP contribution in [-0.4, -0.2) is 0 Å². The number of rotatable bonds is 3. The molecule has 0 aromatic rings. The third kappa shape index (κ3) is 3.78. The molecule has 54 valence electrons. The van der Waals surface area contributed by atoms with Gasteiger partial charge in [-0.05, 0) is 25.1 Å². The minimum atomic E-state index is 0.473. The Morgan fingerprint density at radius 2 is 2.00 bits per heavy atom. The third-order valence-electron chi connectivity index (χ3n) is 1.05. The molecule has 0 aliphatic carbocycles. The van der Waals surface area contributed by atoms with Crippen LogP contribution in [0.25, 0.3) is 0 Å². The van der Waals surface area contributed by atoms with Gasteiger partial charge in [0, 0.05) is 0 Å². The van der Waals surface area contributed by atoms with Gasteiger partial charge in [-0.3, -0.25) is 0 Å². The van der Waals surface area contributed by atoms with Crippen molar-refractivity contribution in [3.05, 3.63) is 41.0 Å². The minimum absolute atomic E-state index is 0.473. The van der Waals surface area contributed by atoms with Crippen LogP contribution in [0.3, 0.4) is 0 Å². The Bertz CT molecular complexity index is 167. The van der Waals surface area contributed by atoms with E-state index in [2.05, 4.69) is 11.8 Å². The van der Waals surface area contributed by atoms with Crippen LogP contribution in [0.2, 0.25) is 0 Å². The van der Waals surface area contributed by atoms with Crippen LogP contribution < -0.4 is 0 Å². The molecule has 0 atom stereocenters. The molecule has 0 fully saturated rings. The summed E-state index contributed by atoms with van der Waals surface area (Å²) in [5.74, 6) is 0. The van der Waals surface area contributed by atoms with Crippen molar-refractivity contribution in [3.8, 4) is 0 Å². The van der Waals surface area contributed by atoms with Crippen molar-refractivity contribution in [2.75, 3.05) is 0 Å². The van der Waals surface area contributed by atoms with E-state index in [1.54, 1.807) is 25.2 Å². The van der Waals surface area contributed by atoms with E-state index in [0.29, 0.717) is 5.70 Å². The molecule has 0 saturated carbocycles. The van der Waals surface area contributed by atoms with E-state index in [4.69, 9.17) is 0 Å². The Morgan fingerprint density at radius 3 is 2.40 bits per heavy atom. The number of nitrogens with zero attached hydrogens (tertiary/aromatic N) is 1. The fourth-order valence-corrected chi connectivity index (χ4v) is 0.351. The summed E-state index contributed by atoms with van der Waals surface area (Å²) in [6.45, 7) is 7.12. The molecule has 0 aromatic heterocycles. The Morgan fingerprint density at radius 1 is 1.40 bits per heavy atom. The molecule has 0 aromatic carbocycles. The van der Waals surface area contributed by atoms with Gasteiger partial charge in [-0.15, -0.1) is 4.91 Å². The average Bonchev–Trinajstić information content (AvgIpc) is 1.99. The van der Waals surface area contributed by atoms with E-state index in [1.165, 1.54) is 0 Å². The van der Waals surface area contributed by atoms with Crippen LogP contribution in [0, 0.1) is 4.91 Å². The van der Waals surface area contributed by atoms with Gasteiger partial charge in [0.15, 0.2) is 0 Å². The SMILES string of the molecule is C=C/C(C)=C\C=C(\C)N=O. The van der Waals surface area contributed by atoms with E-state index in [0.717, 1.165) is 5.57 Å². The zero-order valence-corrected chi connectivity index (χ0v) is 6.29. The summed E-state index contributed by atoms with van der Waals surface area (Å²) >= 11 is 0. The summed E-state index contributed by atoms with van der Waals surface area (Å²) < 4.78 is 0. The lowest BCUT2D eigenvalue weighted by molar-refractivity contribution is 1.28. The quantitative estimate of drug-likeness (QED) is 0.434. The van der Waals surface area contributed by atoms with Gasteiger partial charge < -0.3 is 0 Å². The van der Waals surface area contributed by atoms with Gasteiger partial charge in [-0.1, -0.05) is 24.3 Å². The zero-order valence-electron chi connectivity index (χ0n) is 6.29. The molecule has 0 unspecified atom stereocenters. The highest BCUT2D eigenvalue weighted by atomic mass is 16.3. The standard InChI is InChI=1S/C8H11NO/c1-4-7(2)5-6-8(3)9-10/h4-6H,1H2,2-3H3/b7-5-,8-6-. The maximum atomic E-state index is 9.83. The van der Waals surface area contributed by atoms with Crippen molar-refractivity contribution in [1.29, 1.82) is 0 Å². The van der Waals surface area contributed by atoms with Gasteiger partial charge >= 0.3 is 0 Å². The lowest BCUT2D eigenvalue weighted by atomic mass is 10.2. The molecule has 0 radical (unpaired) electrons. The normalized spacial score (nSPS) is 13.0. The molecule has 0 aliphatic heterocycles. The van der Waals surface area contributed by atoms with Gasteiger partial charge in [-0.2, -0.15) is 0 Å². The molecular weight excluding hydrogens is 126 g/mol. The molecule has 0 rings (SSSR count). The van der Waals surface area contributed by atoms with E-state index in [-0.39, 0.29) is 0 Å². The van der Waals surface area contributed by atoms with E-state index < -0.39 is 0 Å². The summed E-state index contributed by atoms with van der Waals surface area (Å²) in [7, 11) is 0. The summed E-state index contributed by atoms with van der Waals surface area (Å²) in [4.78, 5) is 9.83. The lowest BCUT2D eigenvalue weighted by Crippen LogP contribution is -1.66. The highest BCUT2D eigenvalue weighted by Gasteiger charge is 1.80. The van der Waals surface area contributed by atoms with Crippen molar-refractivity contribution in [3.63, 3.8) is 0 Å². The third-order valence-corrected chi connectivity index (χ3v) is 1.05. The van der Waals surface area contributed by atoms with Crippen LogP contribution in [0.15, 0.2) is 41.3 Å². The van der Waals surface area contributed by atoms with Crippen molar-refractivity contribution in [1.82, 2.24) is 0 Å². The first-order valence-electron chi connectivity index (χ1n) is 3.01. The Kier molecular flexibility index (Phi) is 4.12. The van der Waals surface area contributed by atoms with Gasteiger partial charge in [0.25, 0.3) is 0 Å². The van der Waals surface area contributed by atoms with Gasteiger partial charge in [0.2, 0.25) is 0 Å². The molecule has 10 heavy (non-hydrogen) atoms. The number of allylic oxidation sites excluding steroid dienone is 5. The molecule has 0 spiro atoms. The highest BCUT2D eigenvalue weighted by molar-refractivity contribution is 5.21. The van der Waals surface area contributed by atoms with Crippen molar-refractivity contribution in [2.24, 2.45) is 5.18 Å². The summed E-state index contributed by atoms with van der Waals surface area (Å²) in [6, 6.07) is 0. The largest absolute Gasteiger partial charge is 0.145 e. The second kappa shape index (κ2) is 4.68. The fourth-order valence-electron chi connectivity index (χ4n) is 0.351. The highest BCUT2D eigenvalue weighted by Crippen LogP contribution is 1.97. The first-order chi connectivity index (χ1) is 4.70. The first-order valence-corrected chi connectivity index (χ1v) is 3.01. The first kappa shape index (κ1) is 8.82. The number of hydrogen-bond acceptors (Lipinski definition) is 2. The fraction of sp³-hybridized carbons (Fsp3) is 0.250. The maximum Gasteiger partial charge on any atom is 0.0818 e. The van der Waals surface area contributed by atoms with Crippen molar-refractivity contribution in [2.45, 2.75) is 13.8 Å². The molecule has 2 heteroatoms. The summed E-state index contributed by atoms with van der Waals surface area (Å²) in [5, 5.41) is 2.73. The predicted molar refractivity (Wildman–Crippen MR) is 43.5 cm³/mol. The van der Waals surface area contributed by atoms with Crippen molar-refractivity contribution >= 4 is 0 Å². The van der Waals surface area contributed by atoms with Crippen LogP contribution in [0.5, 0.6) is 0 Å². The summed E-state index contributed by atoms with van der Waals surface area (Å²) in [6.07, 6.45) is 5.17. The van der Waals surface area contributed by atoms with E-state index >= 15 is 0 Å². The average molecular weight is 137 g/mol. The van der Waals surface area contributed by atoms with Crippen LogP contribution in [0.1, 0.15) is 13.8 Å². The number of hydrogen-bond donors (Lipinski definition) is 0. The maximum absolute atomic E-state index is 9.83. The van der Waals surface area contributed by atoms with Gasteiger partial charge in [0.1, 0.15) is 0 Å². The zero-order chi connectivity index (χ0) is 7.98. The molecule has 0 heterocycles. The van der Waals surface area contributed by atoms with Crippen LogP contribution >= 0.6 is 0 Å². The Balaban J connectivity index is 4.16. The lowest BCUT2D eigenvalue weighted by Gasteiger charge is -1.84. The van der Waals surface area contributed by atoms with Crippen molar-refractivity contribution < 1.29 is 0 Å². The molecule has 0 bridgehead atoms.